The van der Waals surface area contributed by atoms with Gasteiger partial charge in [-0.05, 0) is 0 Å². The smallest absolute Gasteiger partial charge is 0.387 e. The van der Waals surface area contributed by atoms with Crippen LogP contribution in [-0.4, -0.2) is 129 Å². The molecule has 0 amide bonds. The Kier molecular flexibility index (Phi) is 11.0. The Balaban J connectivity index is 1.18. The average molecular weight is 852 g/mol. The van der Waals surface area contributed by atoms with Crippen molar-refractivity contribution in [3.05, 3.63) is 29.3 Å². The molecule has 0 saturated carbocycles. The van der Waals surface area contributed by atoms with Gasteiger partial charge in [-0.3, -0.25) is 32.5 Å². The number of rotatable bonds is 14. The van der Waals surface area contributed by atoms with Crippen LogP contribution >= 0.6 is 31.3 Å². The molecule has 34 heteroatoms. The van der Waals surface area contributed by atoms with Crippen molar-refractivity contribution in [3.63, 3.8) is 0 Å². The number of nitrogens with two attached hydrogens (primary N) is 2. The third kappa shape index (κ3) is 8.62. The van der Waals surface area contributed by atoms with Crippen molar-refractivity contribution in [1.82, 2.24) is 39.0 Å². The molecule has 0 spiro atoms. The summed E-state index contributed by atoms with van der Waals surface area (Å²) in [6.07, 6.45) is -11.0. The Hall–Kier alpha value is -3.18. The van der Waals surface area contributed by atoms with Gasteiger partial charge in [0.15, 0.2) is 35.1 Å². The first-order valence-electron chi connectivity index (χ1n) is 14.5. The summed E-state index contributed by atoms with van der Waals surface area (Å²) in [4.78, 5) is 81.5. The molecule has 11 atom stereocenters. The van der Waals surface area contributed by atoms with Gasteiger partial charge in [0.1, 0.15) is 48.5 Å². The number of aromatic amines is 1. The highest BCUT2D eigenvalue weighted by molar-refractivity contribution is 7.66. The van der Waals surface area contributed by atoms with Gasteiger partial charge in [-0.2, -0.15) is 13.6 Å². The lowest BCUT2D eigenvalue weighted by Crippen LogP contribution is -2.36. The number of hydrogen-bond acceptors (Lipinski definition) is 22. The number of nitrogens with zero attached hydrogens (tertiary/aromatic N) is 7. The Morgan fingerprint density at radius 1 is 0.741 bits per heavy atom. The number of anilines is 2. The molecule has 2 aliphatic rings. The minimum Gasteiger partial charge on any atom is -0.387 e. The molecule has 6 heterocycles. The van der Waals surface area contributed by atoms with Crippen molar-refractivity contribution in [2.45, 2.75) is 49.1 Å². The molecule has 13 N–H and O–H groups in total. The van der Waals surface area contributed by atoms with E-state index in [4.69, 9.17) is 39.8 Å². The number of H-pyrrole nitrogens is 1. The molecule has 3 unspecified atom stereocenters. The molecule has 4 aromatic heterocycles. The van der Waals surface area contributed by atoms with E-state index in [0.717, 1.165) is 28.1 Å². The maximum absolute atomic E-state index is 13.3. The first kappa shape index (κ1) is 40.5. The number of aliphatic hydroxyl groups is 3. The van der Waals surface area contributed by atoms with Gasteiger partial charge >= 0.3 is 31.3 Å². The molecule has 298 valence electrons. The third-order valence-corrected chi connectivity index (χ3v) is 12.3. The maximum Gasteiger partial charge on any atom is 0.490 e. The second kappa shape index (κ2) is 14.7. The summed E-state index contributed by atoms with van der Waals surface area (Å²) in [7, 11) is -22.7. The van der Waals surface area contributed by atoms with E-state index in [2.05, 4.69) is 43.0 Å². The summed E-state index contributed by atoms with van der Waals surface area (Å²) in [5, 5.41) is 32.5. The lowest BCUT2D eigenvalue weighted by Gasteiger charge is -2.25. The number of phosphoric acid groups is 4. The van der Waals surface area contributed by atoms with E-state index < -0.39 is 99.1 Å². The van der Waals surface area contributed by atoms with Gasteiger partial charge < -0.3 is 60.7 Å². The molecule has 0 radical (unpaired) electrons. The van der Waals surface area contributed by atoms with Crippen LogP contribution in [0.15, 0.2) is 23.8 Å². The van der Waals surface area contributed by atoms with Crippen LogP contribution in [0.1, 0.15) is 12.5 Å². The van der Waals surface area contributed by atoms with Gasteiger partial charge in [0.05, 0.1) is 25.9 Å². The third-order valence-electron chi connectivity index (χ3n) is 7.51. The van der Waals surface area contributed by atoms with Crippen molar-refractivity contribution >= 4 is 65.4 Å². The van der Waals surface area contributed by atoms with Gasteiger partial charge in [-0.15, -0.1) is 0 Å². The molecule has 0 bridgehead atoms. The van der Waals surface area contributed by atoms with E-state index in [-0.39, 0.29) is 34.1 Å². The molecule has 2 saturated heterocycles. The Bertz CT molecular complexity index is 2300. The quantitative estimate of drug-likeness (QED) is 0.0558. The largest absolute Gasteiger partial charge is 0.490 e. The van der Waals surface area contributed by atoms with Crippen molar-refractivity contribution in [3.8, 4) is 0 Å². The van der Waals surface area contributed by atoms with Crippen LogP contribution in [0.4, 0.5) is 11.8 Å². The van der Waals surface area contributed by atoms with Crippen molar-refractivity contribution in [2.75, 3.05) is 24.7 Å². The number of imidazole rings is 2. The van der Waals surface area contributed by atoms with Crippen LogP contribution in [0.3, 0.4) is 0 Å². The van der Waals surface area contributed by atoms with E-state index in [9.17, 15) is 53.1 Å². The maximum atomic E-state index is 13.3. The molecule has 2 aliphatic heterocycles. The van der Waals surface area contributed by atoms with Crippen LogP contribution in [0.25, 0.3) is 22.3 Å². The number of fused-ring (bicyclic) bond motifs is 2. The highest BCUT2D eigenvalue weighted by atomic mass is 31.3. The number of ether oxygens (including phenoxy) is 2. The van der Waals surface area contributed by atoms with E-state index in [1.165, 1.54) is 0 Å². The molecule has 0 aromatic carbocycles. The van der Waals surface area contributed by atoms with Gasteiger partial charge in [-0.25, -0.2) is 38.2 Å². The Morgan fingerprint density at radius 3 is 2.00 bits per heavy atom. The van der Waals surface area contributed by atoms with Gasteiger partial charge in [0.2, 0.25) is 5.95 Å². The topological polar surface area (TPSA) is 454 Å². The lowest BCUT2D eigenvalue weighted by molar-refractivity contribution is -0.0613. The Labute approximate surface area is 297 Å². The number of aliphatic hydroxyl groups excluding tert-OH is 3. The predicted octanol–water partition coefficient (Wildman–Crippen LogP) is -3.15. The average Bonchev–Trinajstić information content (AvgIpc) is 3.79. The highest BCUT2D eigenvalue weighted by Gasteiger charge is 2.52. The number of hydrogen-bond donors (Lipinski definition) is 11. The first-order valence-corrected chi connectivity index (χ1v) is 20.5. The number of phosphoric ester groups is 2. The summed E-state index contributed by atoms with van der Waals surface area (Å²) in [5.74, 6) is -0.423. The molecule has 4 aromatic rings. The SMILES string of the molecule is Nc1nc2c(ncn2[C@@H]2O[C@H](COP(=O)(O)O[C@@H]3[C@H](O)[C@@H](COP(=O)(O)OP(=O)(O)OP(=O)(O)O)O[C@H]3n3cnc4c(N)ncnc43)[C@@H](O)[C@H]2O)c(=O)[nH]1. The molecular formula is C20H28N10O20P4. The fourth-order valence-corrected chi connectivity index (χ4v) is 9.26. The van der Waals surface area contributed by atoms with Crippen molar-refractivity contribution < 1.29 is 89.7 Å². The number of nitrogen functional groups attached to an aromatic ring is 2. The summed E-state index contributed by atoms with van der Waals surface area (Å²) in [6.45, 7) is -2.18. The van der Waals surface area contributed by atoms with Crippen LogP contribution < -0.4 is 17.0 Å². The summed E-state index contributed by atoms with van der Waals surface area (Å²) in [5.41, 5.74) is 10.3. The van der Waals surface area contributed by atoms with Crippen molar-refractivity contribution in [2.24, 2.45) is 0 Å². The van der Waals surface area contributed by atoms with Gasteiger partial charge in [-0.1, -0.05) is 0 Å². The molecule has 0 aliphatic carbocycles. The van der Waals surface area contributed by atoms with Crippen LogP contribution in [-0.2, 0) is 49.9 Å². The van der Waals surface area contributed by atoms with Crippen molar-refractivity contribution in [1.29, 1.82) is 0 Å². The van der Waals surface area contributed by atoms with Gasteiger partial charge in [0.25, 0.3) is 5.56 Å². The van der Waals surface area contributed by atoms with E-state index in [1.54, 1.807) is 0 Å². The zero-order valence-corrected chi connectivity index (χ0v) is 29.9. The monoisotopic (exact) mass is 852 g/mol. The van der Waals surface area contributed by atoms with Crippen LogP contribution in [0, 0.1) is 0 Å². The normalized spacial score (nSPS) is 29.7. The number of aromatic nitrogens is 8. The van der Waals surface area contributed by atoms with E-state index >= 15 is 0 Å². The fourth-order valence-electron chi connectivity index (χ4n) is 5.30. The number of nitrogens with one attached hydrogen (secondary N) is 1. The fraction of sp³-hybridized carbons (Fsp3) is 0.500. The lowest BCUT2D eigenvalue weighted by atomic mass is 10.1. The molecule has 30 nitrogen and oxygen atoms in total. The van der Waals surface area contributed by atoms with Gasteiger partial charge in [0, 0.05) is 0 Å². The van der Waals surface area contributed by atoms with Crippen LogP contribution in [0.2, 0.25) is 0 Å². The minimum atomic E-state index is -5.92. The summed E-state index contributed by atoms with van der Waals surface area (Å²) >= 11 is 0. The second-order valence-electron chi connectivity index (χ2n) is 11.2. The second-order valence-corrected chi connectivity index (χ2v) is 17.0. The predicted molar refractivity (Wildman–Crippen MR) is 169 cm³/mol. The molecule has 6 rings (SSSR count). The molecule has 54 heavy (non-hydrogen) atoms. The zero-order valence-electron chi connectivity index (χ0n) is 26.3. The molecular weight excluding hydrogens is 824 g/mol. The van der Waals surface area contributed by atoms with E-state index in [1.807, 2.05) is 0 Å². The summed E-state index contributed by atoms with van der Waals surface area (Å²) in [6, 6.07) is 0. The zero-order chi connectivity index (χ0) is 39.5. The first-order chi connectivity index (χ1) is 25.0. The van der Waals surface area contributed by atoms with Crippen LogP contribution in [0.5, 0.6) is 0 Å². The highest BCUT2D eigenvalue weighted by Crippen LogP contribution is 2.66. The standard InChI is InChI=1S/C20H28N10O20P4/c21-14-8-15(24-3-23-14)29(4-25-8)19-13(11(32)7(47-19)2-45-53(40,41)50-54(42,43)49-51(35,36)37)48-52(38,39)44-1-6-10(31)12(33)18(46-6)30-5-26-9-16(30)27-20(22)28-17(9)34/h3-7,10-13,18-19,31-33H,1-2H2,(H,38,39)(H,40,41)(H,42,43)(H2,21,23,24)(H2,35,36,37)(H3,22,27,28,34)/t6-,7-,10-,11-,12-,13-,18-,19-/m1/s1. The Morgan fingerprint density at radius 2 is 1.33 bits per heavy atom. The van der Waals surface area contributed by atoms with E-state index in [0.29, 0.717) is 0 Å². The molecule has 2 fully saturated rings. The minimum absolute atomic E-state index is 0.0110. The summed E-state index contributed by atoms with van der Waals surface area (Å²) < 4.78 is 83.7.